The largest absolute Gasteiger partial charge is 0.487 e. The van der Waals surface area contributed by atoms with Crippen LogP contribution in [0.15, 0.2) is 24.4 Å². The first-order chi connectivity index (χ1) is 9.89. The molecule has 0 bridgehead atoms. The lowest BCUT2D eigenvalue weighted by Crippen LogP contribution is -2.41. The van der Waals surface area contributed by atoms with Gasteiger partial charge in [0.25, 0.3) is 0 Å². The fourth-order valence-corrected chi connectivity index (χ4v) is 2.56. The number of pyridine rings is 1. The van der Waals surface area contributed by atoms with Crippen molar-refractivity contribution in [2.75, 3.05) is 6.54 Å². The third-order valence-electron chi connectivity index (χ3n) is 4.79. The van der Waals surface area contributed by atoms with Gasteiger partial charge >= 0.3 is 7.12 Å². The third kappa shape index (κ3) is 2.78. The highest BCUT2D eigenvalue weighted by Gasteiger charge is 2.50. The van der Waals surface area contributed by atoms with Gasteiger partial charge in [-0.3, -0.25) is 4.98 Å². The first-order valence-corrected chi connectivity index (χ1v) is 7.60. The van der Waals surface area contributed by atoms with Gasteiger partial charge in [0.05, 0.1) is 11.2 Å². The van der Waals surface area contributed by atoms with E-state index in [9.17, 15) is 0 Å². The molecule has 21 heavy (non-hydrogen) atoms. The maximum atomic E-state index is 5.99. The van der Waals surface area contributed by atoms with Crippen molar-refractivity contribution in [1.82, 2.24) is 10.3 Å². The minimum atomic E-state index is -0.301. The van der Waals surface area contributed by atoms with E-state index in [-0.39, 0.29) is 18.3 Å². The summed E-state index contributed by atoms with van der Waals surface area (Å²) >= 11 is 0. The Balaban J connectivity index is 1.76. The van der Waals surface area contributed by atoms with E-state index in [0.717, 1.165) is 6.54 Å². The average Bonchev–Trinajstić information content (AvgIpc) is 2.55. The van der Waals surface area contributed by atoms with Crippen LogP contribution >= 0.6 is 0 Å². The van der Waals surface area contributed by atoms with Crippen LogP contribution in [0.2, 0.25) is 0 Å². The van der Waals surface area contributed by atoms with E-state index < -0.39 is 0 Å². The van der Waals surface area contributed by atoms with Gasteiger partial charge in [0.15, 0.2) is 0 Å². The van der Waals surface area contributed by atoms with Gasteiger partial charge in [0.2, 0.25) is 0 Å². The second-order valence-corrected chi connectivity index (χ2v) is 6.78. The fraction of sp³-hybridized carbons (Fsp3) is 0.562. The van der Waals surface area contributed by atoms with Crippen LogP contribution in [-0.2, 0) is 9.31 Å². The van der Waals surface area contributed by atoms with Gasteiger partial charge in [0, 0.05) is 18.4 Å². The lowest BCUT2D eigenvalue weighted by molar-refractivity contribution is 0.00578. The summed E-state index contributed by atoms with van der Waals surface area (Å²) in [5, 5.41) is 3.42. The van der Waals surface area contributed by atoms with Gasteiger partial charge in [-0.25, -0.2) is 0 Å². The Bertz CT molecular complexity index is 537. The molecule has 5 heteroatoms. The quantitative estimate of drug-likeness (QED) is 0.868. The van der Waals surface area contributed by atoms with Crippen LogP contribution in [0.3, 0.4) is 0 Å². The van der Waals surface area contributed by atoms with Crippen LogP contribution in [0.25, 0.3) is 6.08 Å². The minimum Gasteiger partial charge on any atom is -0.400 e. The molecule has 3 heterocycles. The van der Waals surface area contributed by atoms with E-state index in [2.05, 4.69) is 44.1 Å². The SMILES string of the molecule is CC1(C)OB(/C=C/c2ccncc2[C@@H]2CCN2)OC1(C)C. The summed E-state index contributed by atoms with van der Waals surface area (Å²) in [5.41, 5.74) is 1.84. The zero-order chi connectivity index (χ0) is 15.1. The van der Waals surface area contributed by atoms with Crippen LogP contribution < -0.4 is 5.32 Å². The zero-order valence-electron chi connectivity index (χ0n) is 13.2. The van der Waals surface area contributed by atoms with Crippen molar-refractivity contribution in [3.05, 3.63) is 35.6 Å². The lowest BCUT2D eigenvalue weighted by Gasteiger charge is -2.32. The van der Waals surface area contributed by atoms with Crippen LogP contribution in [0, 0.1) is 0 Å². The Labute approximate surface area is 127 Å². The molecule has 2 aliphatic rings. The van der Waals surface area contributed by atoms with Gasteiger partial charge in [-0.15, -0.1) is 0 Å². The smallest absolute Gasteiger partial charge is 0.400 e. The van der Waals surface area contributed by atoms with Gasteiger partial charge in [-0.2, -0.15) is 0 Å². The summed E-state index contributed by atoms with van der Waals surface area (Å²) < 4.78 is 12.0. The molecule has 112 valence electrons. The van der Waals surface area contributed by atoms with E-state index in [0.29, 0.717) is 6.04 Å². The molecule has 2 saturated heterocycles. The molecule has 0 amide bonds. The molecule has 1 aromatic rings. The molecule has 0 saturated carbocycles. The van der Waals surface area contributed by atoms with Crippen LogP contribution in [-0.4, -0.2) is 29.8 Å². The number of hydrogen-bond donors (Lipinski definition) is 1. The Morgan fingerprint density at radius 2 is 1.95 bits per heavy atom. The molecule has 2 fully saturated rings. The maximum absolute atomic E-state index is 5.99. The van der Waals surface area contributed by atoms with Crippen molar-refractivity contribution < 1.29 is 9.31 Å². The molecule has 0 unspecified atom stereocenters. The van der Waals surface area contributed by atoms with Crippen LogP contribution in [0.4, 0.5) is 0 Å². The summed E-state index contributed by atoms with van der Waals surface area (Å²) in [7, 11) is -0.301. The number of rotatable bonds is 3. The highest BCUT2D eigenvalue weighted by molar-refractivity contribution is 6.52. The molecule has 4 nitrogen and oxygen atoms in total. The molecule has 0 radical (unpaired) electrons. The molecule has 0 aromatic carbocycles. The summed E-state index contributed by atoms with van der Waals surface area (Å²) in [6, 6.07) is 2.47. The maximum Gasteiger partial charge on any atom is 0.487 e. The van der Waals surface area contributed by atoms with Gasteiger partial charge < -0.3 is 14.6 Å². The van der Waals surface area contributed by atoms with Crippen molar-refractivity contribution in [3.63, 3.8) is 0 Å². The van der Waals surface area contributed by atoms with Crippen molar-refractivity contribution in [2.45, 2.75) is 51.4 Å². The summed E-state index contributed by atoms with van der Waals surface area (Å²) in [5.74, 6) is 1.99. The molecule has 1 aromatic heterocycles. The van der Waals surface area contributed by atoms with E-state index in [1.807, 2.05) is 24.4 Å². The van der Waals surface area contributed by atoms with Crippen molar-refractivity contribution in [3.8, 4) is 0 Å². The molecule has 2 aliphatic heterocycles. The molecule has 1 atom stereocenters. The van der Waals surface area contributed by atoms with E-state index in [1.165, 1.54) is 17.5 Å². The molecule has 1 N–H and O–H groups in total. The highest BCUT2D eigenvalue weighted by atomic mass is 16.7. The van der Waals surface area contributed by atoms with Crippen molar-refractivity contribution in [2.24, 2.45) is 0 Å². The van der Waals surface area contributed by atoms with E-state index in [4.69, 9.17) is 9.31 Å². The highest BCUT2D eigenvalue weighted by Crippen LogP contribution is 2.37. The topological polar surface area (TPSA) is 43.4 Å². The second-order valence-electron chi connectivity index (χ2n) is 6.78. The predicted molar refractivity (Wildman–Crippen MR) is 84.7 cm³/mol. The van der Waals surface area contributed by atoms with Crippen molar-refractivity contribution >= 4 is 13.2 Å². The lowest BCUT2D eigenvalue weighted by atomic mass is 9.87. The monoisotopic (exact) mass is 286 g/mol. The second kappa shape index (κ2) is 5.23. The first-order valence-electron chi connectivity index (χ1n) is 7.60. The number of nitrogens with zero attached hydrogens (tertiary/aromatic N) is 1. The molecular formula is C16H23BN2O2. The summed E-state index contributed by atoms with van der Waals surface area (Å²) in [6.45, 7) is 9.35. The summed E-state index contributed by atoms with van der Waals surface area (Å²) in [4.78, 5) is 4.24. The fourth-order valence-electron chi connectivity index (χ4n) is 2.56. The Kier molecular flexibility index (Phi) is 3.68. The van der Waals surface area contributed by atoms with Gasteiger partial charge in [0.1, 0.15) is 0 Å². The van der Waals surface area contributed by atoms with Crippen molar-refractivity contribution in [1.29, 1.82) is 0 Å². The minimum absolute atomic E-state index is 0.293. The van der Waals surface area contributed by atoms with E-state index >= 15 is 0 Å². The number of aromatic nitrogens is 1. The molecule has 0 spiro atoms. The van der Waals surface area contributed by atoms with E-state index in [1.54, 1.807) is 0 Å². The Hall–Kier alpha value is -1.17. The molecule has 3 rings (SSSR count). The number of hydrogen-bond acceptors (Lipinski definition) is 4. The predicted octanol–water partition coefficient (Wildman–Crippen LogP) is 2.76. The number of nitrogens with one attached hydrogen (secondary N) is 1. The Morgan fingerprint density at radius 3 is 2.52 bits per heavy atom. The Morgan fingerprint density at radius 1 is 1.29 bits per heavy atom. The standard InChI is InChI=1S/C16H23BN2O2/c1-15(2)16(3,4)21-17(20-15)8-5-12-6-9-18-11-13(12)14-7-10-19-14/h5-6,8-9,11,14,19H,7,10H2,1-4H3/b8-5+/t14-/m0/s1. The molecular weight excluding hydrogens is 263 g/mol. The zero-order valence-corrected chi connectivity index (χ0v) is 13.2. The van der Waals surface area contributed by atoms with Gasteiger partial charge in [-0.1, -0.05) is 12.1 Å². The van der Waals surface area contributed by atoms with Gasteiger partial charge in [-0.05, 0) is 57.9 Å². The normalized spacial score (nSPS) is 27.0. The van der Waals surface area contributed by atoms with Crippen LogP contribution in [0.1, 0.15) is 51.3 Å². The molecule has 0 aliphatic carbocycles. The summed E-state index contributed by atoms with van der Waals surface area (Å²) in [6.07, 6.45) is 7.02. The average molecular weight is 286 g/mol. The first kappa shape index (κ1) is 14.8. The van der Waals surface area contributed by atoms with Crippen LogP contribution in [0.5, 0.6) is 0 Å². The third-order valence-corrected chi connectivity index (χ3v) is 4.79.